The molecule has 1 atom stereocenters. The molecule has 0 amide bonds. The number of pyridine rings is 1. The lowest BCUT2D eigenvalue weighted by Crippen LogP contribution is -2.36. The predicted octanol–water partition coefficient (Wildman–Crippen LogP) is 7.78. The highest BCUT2D eigenvalue weighted by atomic mass is 16.3. The third kappa shape index (κ3) is 3.67. The zero-order valence-electron chi connectivity index (χ0n) is 20.9. The standard InChI is InChI=1S/C34H22N4O/c1-3-9-23-19-25(15-13-21(23)7-1)32-36-33(26-16-14-22-8-2-4-10-24(22)20-26)38-34(37-32)31-30-27-11-5-6-12-28(27)39-29(30)17-18-35-31/h1-20,32H,(H,36,37,38). The summed E-state index contributed by atoms with van der Waals surface area (Å²) in [6, 6.07) is 39.5. The number of hydrogen-bond donors (Lipinski definition) is 1. The van der Waals surface area contributed by atoms with Gasteiger partial charge in [0.2, 0.25) is 0 Å². The number of aliphatic imine (C=N–C) groups is 2. The van der Waals surface area contributed by atoms with Crippen LogP contribution in [0.2, 0.25) is 0 Å². The molecule has 1 N–H and O–H groups in total. The van der Waals surface area contributed by atoms with Gasteiger partial charge >= 0.3 is 0 Å². The van der Waals surface area contributed by atoms with Crippen LogP contribution in [0.3, 0.4) is 0 Å². The lowest BCUT2D eigenvalue weighted by molar-refractivity contribution is 0.668. The molecule has 0 saturated heterocycles. The van der Waals surface area contributed by atoms with Gasteiger partial charge in [0.25, 0.3) is 0 Å². The molecule has 0 spiro atoms. The highest BCUT2D eigenvalue weighted by molar-refractivity contribution is 6.22. The Morgan fingerprint density at radius 2 is 1.28 bits per heavy atom. The van der Waals surface area contributed by atoms with Gasteiger partial charge in [0, 0.05) is 17.1 Å². The second kappa shape index (κ2) is 8.64. The summed E-state index contributed by atoms with van der Waals surface area (Å²) in [7, 11) is 0. The lowest BCUT2D eigenvalue weighted by atomic mass is 10.0. The van der Waals surface area contributed by atoms with Gasteiger partial charge < -0.3 is 9.73 Å². The summed E-state index contributed by atoms with van der Waals surface area (Å²) in [6.07, 6.45) is 1.35. The third-order valence-electron chi connectivity index (χ3n) is 7.35. The van der Waals surface area contributed by atoms with Crippen molar-refractivity contribution in [1.82, 2.24) is 10.3 Å². The van der Waals surface area contributed by atoms with Crippen LogP contribution in [0, 0.1) is 0 Å². The molecule has 0 radical (unpaired) electrons. The molecule has 1 aliphatic heterocycles. The van der Waals surface area contributed by atoms with E-state index in [0.29, 0.717) is 5.84 Å². The van der Waals surface area contributed by atoms with Crippen molar-refractivity contribution in [1.29, 1.82) is 0 Å². The molecule has 3 heterocycles. The molecular formula is C34H22N4O. The van der Waals surface area contributed by atoms with E-state index in [1.807, 2.05) is 24.3 Å². The zero-order valence-corrected chi connectivity index (χ0v) is 20.9. The fourth-order valence-electron chi connectivity index (χ4n) is 5.42. The Hall–Kier alpha value is -5.29. The summed E-state index contributed by atoms with van der Waals surface area (Å²) >= 11 is 0. The molecule has 8 rings (SSSR count). The lowest BCUT2D eigenvalue weighted by Gasteiger charge is -2.22. The first-order chi connectivity index (χ1) is 19.3. The minimum Gasteiger partial charge on any atom is -0.456 e. The van der Waals surface area contributed by atoms with Gasteiger partial charge in [-0.25, -0.2) is 9.98 Å². The van der Waals surface area contributed by atoms with Crippen molar-refractivity contribution in [3.8, 4) is 0 Å². The Labute approximate surface area is 224 Å². The van der Waals surface area contributed by atoms with Crippen LogP contribution in [0.1, 0.15) is 23.0 Å². The minimum atomic E-state index is -0.428. The fraction of sp³-hybridized carbons (Fsp3) is 0.0294. The second-order valence-corrected chi connectivity index (χ2v) is 9.75. The maximum atomic E-state index is 6.15. The van der Waals surface area contributed by atoms with Gasteiger partial charge in [0.15, 0.2) is 12.0 Å². The number of hydrogen-bond acceptors (Lipinski definition) is 5. The van der Waals surface area contributed by atoms with Crippen LogP contribution in [0.4, 0.5) is 0 Å². The summed E-state index contributed by atoms with van der Waals surface area (Å²) in [5, 5.41) is 10.2. The topological polar surface area (TPSA) is 62.8 Å². The minimum absolute atomic E-state index is 0.428. The van der Waals surface area contributed by atoms with Gasteiger partial charge in [-0.15, -0.1) is 0 Å². The molecule has 5 heteroatoms. The molecule has 0 fully saturated rings. The summed E-state index contributed by atoms with van der Waals surface area (Å²) < 4.78 is 6.15. The molecule has 7 aromatic rings. The first kappa shape index (κ1) is 21.8. The van der Waals surface area contributed by atoms with Crippen molar-refractivity contribution in [2.75, 3.05) is 0 Å². The summed E-state index contributed by atoms with van der Waals surface area (Å²) in [6.45, 7) is 0. The molecule has 5 nitrogen and oxygen atoms in total. The van der Waals surface area contributed by atoms with Gasteiger partial charge in [-0.1, -0.05) is 91.0 Å². The van der Waals surface area contributed by atoms with Crippen LogP contribution in [-0.2, 0) is 0 Å². The summed E-state index contributed by atoms with van der Waals surface area (Å²) in [5.41, 5.74) is 4.37. The first-order valence-electron chi connectivity index (χ1n) is 13.0. The Morgan fingerprint density at radius 3 is 2.13 bits per heavy atom. The largest absolute Gasteiger partial charge is 0.456 e. The number of furan rings is 1. The van der Waals surface area contributed by atoms with E-state index in [-0.39, 0.29) is 0 Å². The van der Waals surface area contributed by atoms with E-state index in [9.17, 15) is 0 Å². The summed E-state index contributed by atoms with van der Waals surface area (Å²) in [5.74, 6) is 1.43. The fourth-order valence-corrected chi connectivity index (χ4v) is 5.42. The van der Waals surface area contributed by atoms with E-state index >= 15 is 0 Å². The Morgan fingerprint density at radius 1 is 0.590 bits per heavy atom. The van der Waals surface area contributed by atoms with Crippen LogP contribution < -0.4 is 5.32 Å². The van der Waals surface area contributed by atoms with Crippen LogP contribution in [0.25, 0.3) is 43.5 Å². The number of fused-ring (bicyclic) bond motifs is 5. The van der Waals surface area contributed by atoms with Gasteiger partial charge in [-0.3, -0.25) is 4.98 Å². The number of aromatic nitrogens is 1. The second-order valence-electron chi connectivity index (χ2n) is 9.75. The molecule has 0 saturated carbocycles. The van der Waals surface area contributed by atoms with Crippen LogP contribution in [-0.4, -0.2) is 16.7 Å². The highest BCUT2D eigenvalue weighted by Crippen LogP contribution is 2.33. The van der Waals surface area contributed by atoms with E-state index in [2.05, 4.69) is 96.3 Å². The van der Waals surface area contributed by atoms with Gasteiger partial charge in [-0.05, 0) is 51.4 Å². The van der Waals surface area contributed by atoms with Crippen LogP contribution >= 0.6 is 0 Å². The van der Waals surface area contributed by atoms with Gasteiger partial charge in [0.05, 0.1) is 5.39 Å². The third-order valence-corrected chi connectivity index (χ3v) is 7.35. The maximum absolute atomic E-state index is 6.15. The quantitative estimate of drug-likeness (QED) is 0.268. The zero-order chi connectivity index (χ0) is 25.8. The Kier molecular flexibility index (Phi) is 4.82. The normalized spacial score (nSPS) is 15.4. The van der Waals surface area contributed by atoms with Crippen molar-refractivity contribution in [3.63, 3.8) is 0 Å². The highest BCUT2D eigenvalue weighted by Gasteiger charge is 2.24. The average molecular weight is 503 g/mol. The Balaban J connectivity index is 1.33. The monoisotopic (exact) mass is 502 g/mol. The van der Waals surface area contributed by atoms with Crippen molar-refractivity contribution < 1.29 is 4.42 Å². The number of rotatable bonds is 3. The predicted molar refractivity (Wildman–Crippen MR) is 158 cm³/mol. The van der Waals surface area contributed by atoms with Gasteiger partial charge in [0.1, 0.15) is 22.7 Å². The Bertz CT molecular complexity index is 2120. The number of benzene rings is 5. The molecular weight excluding hydrogens is 480 g/mol. The van der Waals surface area contributed by atoms with Crippen molar-refractivity contribution in [2.45, 2.75) is 6.17 Å². The molecule has 2 aromatic heterocycles. The van der Waals surface area contributed by atoms with Gasteiger partial charge in [-0.2, -0.15) is 0 Å². The number of para-hydroxylation sites is 1. The molecule has 39 heavy (non-hydrogen) atoms. The number of nitrogens with zero attached hydrogens (tertiary/aromatic N) is 3. The maximum Gasteiger partial charge on any atom is 0.169 e. The van der Waals surface area contributed by atoms with Crippen molar-refractivity contribution in [3.05, 3.63) is 138 Å². The molecule has 184 valence electrons. The summed E-state index contributed by atoms with van der Waals surface area (Å²) in [4.78, 5) is 15.0. The van der Waals surface area contributed by atoms with E-state index in [0.717, 1.165) is 55.4 Å². The molecule has 0 aliphatic carbocycles. The van der Waals surface area contributed by atoms with E-state index in [1.54, 1.807) is 6.20 Å². The van der Waals surface area contributed by atoms with E-state index in [4.69, 9.17) is 19.4 Å². The number of nitrogens with one attached hydrogen (secondary N) is 1. The molecule has 5 aromatic carbocycles. The van der Waals surface area contributed by atoms with Crippen molar-refractivity contribution >= 4 is 55.2 Å². The molecule has 1 unspecified atom stereocenters. The molecule has 1 aliphatic rings. The van der Waals surface area contributed by atoms with E-state index in [1.165, 1.54) is 10.8 Å². The van der Waals surface area contributed by atoms with Crippen LogP contribution in [0.5, 0.6) is 0 Å². The van der Waals surface area contributed by atoms with Crippen molar-refractivity contribution in [2.24, 2.45) is 9.98 Å². The average Bonchev–Trinajstić information content (AvgIpc) is 3.39. The SMILES string of the molecule is c1ccc2cc(C3=NC(c4ccc5ccccc5c4)N=C(c4nccc5oc6ccccc6c45)N3)ccc2c1. The first-order valence-corrected chi connectivity index (χ1v) is 13.0. The number of amidine groups is 2. The van der Waals surface area contributed by atoms with Crippen LogP contribution in [0.15, 0.2) is 136 Å². The molecule has 0 bridgehead atoms. The smallest absolute Gasteiger partial charge is 0.169 e. The van der Waals surface area contributed by atoms with E-state index < -0.39 is 6.17 Å².